The largest absolute Gasteiger partial charge is 0.472 e. The van der Waals surface area contributed by atoms with E-state index in [2.05, 4.69) is 0 Å². The highest BCUT2D eigenvalue weighted by Gasteiger charge is 2.17. The number of likely N-dealkylation sites (N-methyl/N-ethyl adjacent to an activating group) is 1. The van der Waals surface area contributed by atoms with Crippen LogP contribution < -0.4 is 0 Å². The Morgan fingerprint density at radius 3 is 2.65 bits per heavy atom. The molecular formula is C14H14N2O4. The molecule has 0 aliphatic heterocycles. The van der Waals surface area contributed by atoms with Crippen LogP contribution >= 0.6 is 0 Å². The topological polar surface area (TPSA) is 76.6 Å². The van der Waals surface area contributed by atoms with Gasteiger partial charge in [0.2, 0.25) is 5.91 Å². The fourth-order valence-corrected chi connectivity index (χ4v) is 1.83. The lowest BCUT2D eigenvalue weighted by Gasteiger charge is -2.10. The number of nitro benzene ring substituents is 1. The summed E-state index contributed by atoms with van der Waals surface area (Å²) in [6.07, 6.45) is 3.10. The van der Waals surface area contributed by atoms with E-state index in [0.29, 0.717) is 11.1 Å². The van der Waals surface area contributed by atoms with Crippen LogP contribution in [0.4, 0.5) is 5.69 Å². The van der Waals surface area contributed by atoms with E-state index in [4.69, 9.17) is 4.42 Å². The quantitative estimate of drug-likeness (QED) is 0.634. The monoisotopic (exact) mass is 274 g/mol. The highest BCUT2D eigenvalue weighted by molar-refractivity contribution is 5.80. The van der Waals surface area contributed by atoms with Gasteiger partial charge in [0.25, 0.3) is 5.69 Å². The van der Waals surface area contributed by atoms with Gasteiger partial charge in [0.1, 0.15) is 0 Å². The number of hydrogen-bond donors (Lipinski definition) is 0. The summed E-state index contributed by atoms with van der Waals surface area (Å²) in [7, 11) is 3.34. The van der Waals surface area contributed by atoms with Crippen molar-refractivity contribution in [2.45, 2.75) is 6.42 Å². The summed E-state index contributed by atoms with van der Waals surface area (Å²) in [5, 5.41) is 11.1. The summed E-state index contributed by atoms with van der Waals surface area (Å²) >= 11 is 0. The number of furan rings is 1. The number of carbonyl (C=O) groups excluding carboxylic acids is 1. The van der Waals surface area contributed by atoms with Crippen LogP contribution in [0.5, 0.6) is 0 Å². The number of hydrogen-bond acceptors (Lipinski definition) is 4. The minimum Gasteiger partial charge on any atom is -0.472 e. The number of rotatable bonds is 4. The second-order valence-electron chi connectivity index (χ2n) is 4.59. The van der Waals surface area contributed by atoms with Crippen LogP contribution in [0.3, 0.4) is 0 Å². The molecule has 1 heterocycles. The molecule has 1 aromatic heterocycles. The molecule has 0 aliphatic rings. The smallest absolute Gasteiger partial charge is 0.277 e. The van der Waals surface area contributed by atoms with Gasteiger partial charge in [-0.05, 0) is 17.7 Å². The van der Waals surface area contributed by atoms with Crippen LogP contribution in [0.15, 0.2) is 41.2 Å². The molecule has 0 saturated heterocycles. The Labute approximate surface area is 115 Å². The minimum atomic E-state index is -0.445. The summed E-state index contributed by atoms with van der Waals surface area (Å²) in [6, 6.07) is 6.33. The fourth-order valence-electron chi connectivity index (χ4n) is 1.83. The second kappa shape index (κ2) is 5.56. The van der Waals surface area contributed by atoms with Gasteiger partial charge in [-0.3, -0.25) is 14.9 Å². The third-order valence-corrected chi connectivity index (χ3v) is 2.94. The molecule has 0 aliphatic carbocycles. The zero-order valence-corrected chi connectivity index (χ0v) is 11.2. The molecule has 104 valence electrons. The first-order valence-electron chi connectivity index (χ1n) is 5.99. The Hall–Kier alpha value is -2.63. The number of carbonyl (C=O) groups is 1. The fraction of sp³-hybridized carbons (Fsp3) is 0.214. The van der Waals surface area contributed by atoms with E-state index < -0.39 is 4.92 Å². The first-order valence-corrected chi connectivity index (χ1v) is 5.99. The summed E-state index contributed by atoms with van der Waals surface area (Å²) < 4.78 is 4.97. The van der Waals surface area contributed by atoms with Gasteiger partial charge in [-0.2, -0.15) is 0 Å². The predicted octanol–water partition coefficient (Wildman–Crippen LogP) is 2.49. The van der Waals surface area contributed by atoms with E-state index in [1.54, 1.807) is 32.3 Å². The lowest BCUT2D eigenvalue weighted by molar-refractivity contribution is -0.384. The van der Waals surface area contributed by atoms with Gasteiger partial charge in [0, 0.05) is 25.7 Å². The van der Waals surface area contributed by atoms with Crippen molar-refractivity contribution in [3.05, 3.63) is 52.5 Å². The Bertz CT molecular complexity index is 633. The van der Waals surface area contributed by atoms with E-state index in [1.165, 1.54) is 23.5 Å². The molecule has 0 N–H and O–H groups in total. The Morgan fingerprint density at radius 1 is 1.35 bits per heavy atom. The molecule has 0 saturated carbocycles. The van der Waals surface area contributed by atoms with Crippen molar-refractivity contribution in [3.8, 4) is 11.1 Å². The molecule has 1 aromatic carbocycles. The maximum Gasteiger partial charge on any atom is 0.277 e. The van der Waals surface area contributed by atoms with Crippen LogP contribution in [-0.4, -0.2) is 29.8 Å². The summed E-state index contributed by atoms with van der Waals surface area (Å²) in [4.78, 5) is 23.8. The minimum absolute atomic E-state index is 0.00699. The van der Waals surface area contributed by atoms with Crippen molar-refractivity contribution in [1.82, 2.24) is 4.90 Å². The predicted molar refractivity (Wildman–Crippen MR) is 73.2 cm³/mol. The number of benzene rings is 1. The van der Waals surface area contributed by atoms with Gasteiger partial charge in [0.05, 0.1) is 29.4 Å². The van der Waals surface area contributed by atoms with Gasteiger partial charge < -0.3 is 9.32 Å². The molecule has 2 aromatic rings. The SMILES string of the molecule is CN(C)C(=O)Cc1ccc([N+](=O)[O-])c(-c2ccoc2)c1. The number of nitro groups is 1. The first kappa shape index (κ1) is 13.8. The standard InChI is InChI=1S/C14H14N2O4/c1-15(2)14(17)8-10-3-4-13(16(18)19)12(7-10)11-5-6-20-9-11/h3-7,9H,8H2,1-2H3. The van der Waals surface area contributed by atoms with Crippen molar-refractivity contribution in [1.29, 1.82) is 0 Å². The molecule has 0 unspecified atom stereocenters. The average molecular weight is 274 g/mol. The summed E-state index contributed by atoms with van der Waals surface area (Å²) in [6.45, 7) is 0. The molecule has 6 nitrogen and oxygen atoms in total. The molecular weight excluding hydrogens is 260 g/mol. The third kappa shape index (κ3) is 2.85. The van der Waals surface area contributed by atoms with Gasteiger partial charge in [-0.1, -0.05) is 6.07 Å². The third-order valence-electron chi connectivity index (χ3n) is 2.94. The van der Waals surface area contributed by atoms with Crippen LogP contribution in [0, 0.1) is 10.1 Å². The normalized spacial score (nSPS) is 10.3. The summed E-state index contributed by atoms with van der Waals surface area (Å²) in [5.74, 6) is -0.0583. The Kier molecular flexibility index (Phi) is 3.84. The molecule has 1 amide bonds. The summed E-state index contributed by atoms with van der Waals surface area (Å²) in [5.41, 5.74) is 1.79. The molecule has 0 fully saturated rings. The highest BCUT2D eigenvalue weighted by atomic mass is 16.6. The van der Waals surface area contributed by atoms with E-state index in [0.717, 1.165) is 5.56 Å². The van der Waals surface area contributed by atoms with E-state index in [-0.39, 0.29) is 18.0 Å². The highest BCUT2D eigenvalue weighted by Crippen LogP contribution is 2.31. The molecule has 6 heteroatoms. The van der Waals surface area contributed by atoms with Gasteiger partial charge >= 0.3 is 0 Å². The van der Waals surface area contributed by atoms with Crippen molar-refractivity contribution in [2.24, 2.45) is 0 Å². The number of amides is 1. The van der Waals surface area contributed by atoms with E-state index in [1.807, 2.05) is 0 Å². The molecule has 2 rings (SSSR count). The second-order valence-corrected chi connectivity index (χ2v) is 4.59. The maximum absolute atomic E-state index is 11.7. The molecule has 0 spiro atoms. The Morgan fingerprint density at radius 2 is 2.10 bits per heavy atom. The van der Waals surface area contributed by atoms with Crippen molar-refractivity contribution in [2.75, 3.05) is 14.1 Å². The van der Waals surface area contributed by atoms with Crippen LogP contribution in [0.1, 0.15) is 5.56 Å². The van der Waals surface area contributed by atoms with Gasteiger partial charge in [-0.15, -0.1) is 0 Å². The molecule has 0 atom stereocenters. The van der Waals surface area contributed by atoms with E-state index in [9.17, 15) is 14.9 Å². The van der Waals surface area contributed by atoms with Crippen LogP contribution in [0.25, 0.3) is 11.1 Å². The number of nitrogens with zero attached hydrogens (tertiary/aromatic N) is 2. The average Bonchev–Trinajstić information content (AvgIpc) is 2.91. The van der Waals surface area contributed by atoms with Gasteiger partial charge in [-0.25, -0.2) is 0 Å². The lowest BCUT2D eigenvalue weighted by atomic mass is 10.0. The molecule has 0 bridgehead atoms. The lowest BCUT2D eigenvalue weighted by Crippen LogP contribution is -2.23. The maximum atomic E-state index is 11.7. The van der Waals surface area contributed by atoms with Crippen LogP contribution in [0.2, 0.25) is 0 Å². The van der Waals surface area contributed by atoms with Crippen molar-refractivity contribution >= 4 is 11.6 Å². The van der Waals surface area contributed by atoms with E-state index >= 15 is 0 Å². The molecule has 0 radical (unpaired) electrons. The zero-order valence-electron chi connectivity index (χ0n) is 11.2. The Balaban J connectivity index is 2.41. The van der Waals surface area contributed by atoms with Gasteiger partial charge in [0.15, 0.2) is 0 Å². The van der Waals surface area contributed by atoms with Crippen molar-refractivity contribution in [3.63, 3.8) is 0 Å². The van der Waals surface area contributed by atoms with Crippen LogP contribution in [-0.2, 0) is 11.2 Å². The zero-order chi connectivity index (χ0) is 14.7. The molecule has 20 heavy (non-hydrogen) atoms. The van der Waals surface area contributed by atoms with Crippen molar-refractivity contribution < 1.29 is 14.1 Å². The first-order chi connectivity index (χ1) is 9.49.